The van der Waals surface area contributed by atoms with Crippen molar-refractivity contribution in [3.8, 4) is 0 Å². The predicted molar refractivity (Wildman–Crippen MR) is 264 cm³/mol. The Labute approximate surface area is 376 Å². The summed E-state index contributed by atoms with van der Waals surface area (Å²) >= 11 is 0. The molecule has 0 bridgehead atoms. The SMILES string of the molecule is CCCCCCCCCCCCCCCC/C=C\CCCCCCCCCCCCCCCCCC(O)CC(=O)NC(CO)C(O)CCCCCCCCCCCCCC. The molecule has 0 saturated heterocycles. The van der Waals surface area contributed by atoms with Crippen molar-refractivity contribution in [3.05, 3.63) is 12.2 Å². The van der Waals surface area contributed by atoms with Gasteiger partial charge in [0.1, 0.15) is 0 Å². The second-order valence-corrected chi connectivity index (χ2v) is 19.2. The van der Waals surface area contributed by atoms with Crippen molar-refractivity contribution in [1.29, 1.82) is 0 Å². The van der Waals surface area contributed by atoms with Crippen LogP contribution in [0.5, 0.6) is 0 Å². The van der Waals surface area contributed by atoms with Crippen molar-refractivity contribution < 1.29 is 20.1 Å². The maximum atomic E-state index is 12.5. The smallest absolute Gasteiger partial charge is 0.222 e. The number of nitrogens with one attached hydrogen (secondary N) is 1. The first-order valence-electron chi connectivity index (χ1n) is 27.5. The van der Waals surface area contributed by atoms with Gasteiger partial charge in [0.05, 0.1) is 31.3 Å². The highest BCUT2D eigenvalue weighted by Gasteiger charge is 2.21. The Balaban J connectivity index is 3.44. The van der Waals surface area contributed by atoms with Gasteiger partial charge in [0, 0.05) is 0 Å². The molecule has 4 N–H and O–H groups in total. The third-order valence-electron chi connectivity index (χ3n) is 13.1. The third-order valence-corrected chi connectivity index (χ3v) is 13.1. The summed E-state index contributed by atoms with van der Waals surface area (Å²) in [5, 5.41) is 33.5. The second-order valence-electron chi connectivity index (χ2n) is 19.2. The molecular formula is C55H109NO4. The van der Waals surface area contributed by atoms with E-state index in [1.165, 1.54) is 250 Å². The van der Waals surface area contributed by atoms with Gasteiger partial charge in [-0.05, 0) is 38.5 Å². The Kier molecular flexibility index (Phi) is 50.0. The summed E-state index contributed by atoms with van der Waals surface area (Å²) in [6, 6.07) is -0.654. The second kappa shape index (κ2) is 50.7. The van der Waals surface area contributed by atoms with Gasteiger partial charge in [-0.25, -0.2) is 0 Å². The van der Waals surface area contributed by atoms with Crippen LogP contribution in [-0.2, 0) is 4.79 Å². The Morgan fingerprint density at radius 2 is 0.667 bits per heavy atom. The molecule has 0 radical (unpaired) electrons. The van der Waals surface area contributed by atoms with Crippen LogP contribution < -0.4 is 5.32 Å². The van der Waals surface area contributed by atoms with E-state index in [0.29, 0.717) is 12.8 Å². The van der Waals surface area contributed by atoms with Crippen LogP contribution in [0.4, 0.5) is 0 Å². The maximum Gasteiger partial charge on any atom is 0.222 e. The van der Waals surface area contributed by atoms with Crippen molar-refractivity contribution in [2.45, 2.75) is 327 Å². The topological polar surface area (TPSA) is 89.8 Å². The number of carbonyl (C=O) groups excluding carboxylic acids is 1. The number of rotatable bonds is 51. The van der Waals surface area contributed by atoms with E-state index in [1.807, 2.05) is 0 Å². The van der Waals surface area contributed by atoms with Crippen molar-refractivity contribution >= 4 is 5.91 Å². The fourth-order valence-corrected chi connectivity index (χ4v) is 8.87. The van der Waals surface area contributed by atoms with Crippen molar-refractivity contribution in [3.63, 3.8) is 0 Å². The molecule has 0 aromatic carbocycles. The average molecular weight is 848 g/mol. The Morgan fingerprint density at radius 3 is 0.967 bits per heavy atom. The molecule has 0 aliphatic carbocycles. The predicted octanol–water partition coefficient (Wildman–Crippen LogP) is 16.7. The summed E-state index contributed by atoms with van der Waals surface area (Å²) in [7, 11) is 0. The minimum Gasteiger partial charge on any atom is -0.394 e. The molecule has 60 heavy (non-hydrogen) atoms. The molecule has 0 heterocycles. The molecule has 0 aromatic heterocycles. The fourth-order valence-electron chi connectivity index (χ4n) is 8.87. The van der Waals surface area contributed by atoms with Gasteiger partial charge < -0.3 is 20.6 Å². The molecular weight excluding hydrogens is 739 g/mol. The summed E-state index contributed by atoms with van der Waals surface area (Å²) in [4.78, 5) is 12.5. The van der Waals surface area contributed by atoms with Gasteiger partial charge in [-0.15, -0.1) is 0 Å². The lowest BCUT2D eigenvalue weighted by Crippen LogP contribution is -2.46. The molecule has 5 heteroatoms. The molecule has 0 aliphatic heterocycles. The lowest BCUT2D eigenvalue weighted by molar-refractivity contribution is -0.125. The Bertz CT molecular complexity index is 848. The summed E-state index contributed by atoms with van der Waals surface area (Å²) in [6.07, 6.45) is 62.4. The van der Waals surface area contributed by atoms with Crippen LogP contribution in [0.15, 0.2) is 12.2 Å². The van der Waals surface area contributed by atoms with Gasteiger partial charge in [-0.3, -0.25) is 4.79 Å². The highest BCUT2D eigenvalue weighted by Crippen LogP contribution is 2.18. The van der Waals surface area contributed by atoms with E-state index < -0.39 is 18.2 Å². The van der Waals surface area contributed by atoms with Gasteiger partial charge >= 0.3 is 0 Å². The summed E-state index contributed by atoms with van der Waals surface area (Å²) in [5.74, 6) is -0.279. The standard InChI is InChI=1S/C55H109NO4/c1-3-5-7-9-11-13-15-17-18-19-20-21-22-23-24-25-26-27-28-29-30-31-32-33-34-35-36-37-38-40-42-44-46-48-52(58)50-55(60)56-53(51-57)54(59)49-47-45-43-41-39-16-14-12-10-8-6-4-2/h25-26,52-54,57-59H,3-24,27-51H2,1-2H3,(H,56,60)/b26-25-. The zero-order valence-corrected chi connectivity index (χ0v) is 40.9. The van der Waals surface area contributed by atoms with Gasteiger partial charge in [0.25, 0.3) is 0 Å². The van der Waals surface area contributed by atoms with Crippen molar-refractivity contribution in [1.82, 2.24) is 5.32 Å². The van der Waals surface area contributed by atoms with Crippen LogP contribution in [-0.4, -0.2) is 46.1 Å². The van der Waals surface area contributed by atoms with E-state index in [9.17, 15) is 20.1 Å². The molecule has 0 aliphatic rings. The van der Waals surface area contributed by atoms with Crippen LogP contribution in [0.2, 0.25) is 0 Å². The van der Waals surface area contributed by atoms with Gasteiger partial charge in [-0.2, -0.15) is 0 Å². The molecule has 5 nitrogen and oxygen atoms in total. The molecule has 0 rings (SSSR count). The van der Waals surface area contributed by atoms with Crippen LogP contribution in [0.25, 0.3) is 0 Å². The van der Waals surface area contributed by atoms with Gasteiger partial charge in [-0.1, -0.05) is 276 Å². The normalized spacial score (nSPS) is 13.3. The van der Waals surface area contributed by atoms with Gasteiger partial charge in [0.2, 0.25) is 5.91 Å². The van der Waals surface area contributed by atoms with Gasteiger partial charge in [0.15, 0.2) is 0 Å². The number of aliphatic hydroxyl groups excluding tert-OH is 3. The van der Waals surface area contributed by atoms with E-state index in [-0.39, 0.29) is 18.9 Å². The van der Waals surface area contributed by atoms with Crippen LogP contribution in [0.1, 0.15) is 309 Å². The summed E-state index contributed by atoms with van der Waals surface area (Å²) in [6.45, 7) is 4.28. The summed E-state index contributed by atoms with van der Waals surface area (Å²) in [5.41, 5.74) is 0. The largest absolute Gasteiger partial charge is 0.394 e. The maximum absolute atomic E-state index is 12.5. The first-order valence-corrected chi connectivity index (χ1v) is 27.5. The quantitative estimate of drug-likeness (QED) is 0.0363. The van der Waals surface area contributed by atoms with E-state index in [1.54, 1.807) is 0 Å². The minimum absolute atomic E-state index is 0.0407. The third kappa shape index (κ3) is 46.6. The lowest BCUT2D eigenvalue weighted by Gasteiger charge is -2.23. The van der Waals surface area contributed by atoms with Crippen LogP contribution >= 0.6 is 0 Å². The number of hydrogen-bond donors (Lipinski definition) is 4. The Morgan fingerprint density at radius 1 is 0.400 bits per heavy atom. The van der Waals surface area contributed by atoms with Crippen LogP contribution in [0.3, 0.4) is 0 Å². The molecule has 3 atom stereocenters. The number of aliphatic hydroxyl groups is 3. The number of hydrogen-bond acceptors (Lipinski definition) is 4. The zero-order valence-electron chi connectivity index (χ0n) is 40.9. The van der Waals surface area contributed by atoms with Crippen molar-refractivity contribution in [2.75, 3.05) is 6.61 Å². The number of allylic oxidation sites excluding steroid dienone is 2. The van der Waals surface area contributed by atoms with Crippen LogP contribution in [0, 0.1) is 0 Å². The number of carbonyl (C=O) groups is 1. The first-order chi connectivity index (χ1) is 29.5. The first kappa shape index (κ1) is 59.1. The van der Waals surface area contributed by atoms with E-state index in [0.717, 1.165) is 25.7 Å². The lowest BCUT2D eigenvalue weighted by atomic mass is 10.0. The minimum atomic E-state index is -0.745. The highest BCUT2D eigenvalue weighted by molar-refractivity contribution is 5.76. The molecule has 358 valence electrons. The molecule has 0 aromatic rings. The fraction of sp³-hybridized carbons (Fsp3) is 0.945. The van der Waals surface area contributed by atoms with Crippen molar-refractivity contribution in [2.24, 2.45) is 0 Å². The number of unbranched alkanes of at least 4 members (excludes halogenated alkanes) is 40. The van der Waals surface area contributed by atoms with E-state index in [2.05, 4.69) is 31.3 Å². The Hall–Kier alpha value is -0.910. The molecule has 0 saturated carbocycles. The molecule has 1 amide bonds. The van der Waals surface area contributed by atoms with E-state index in [4.69, 9.17) is 0 Å². The molecule has 3 unspecified atom stereocenters. The zero-order chi connectivity index (χ0) is 43.7. The number of amides is 1. The monoisotopic (exact) mass is 848 g/mol. The molecule has 0 fully saturated rings. The van der Waals surface area contributed by atoms with E-state index >= 15 is 0 Å². The molecule has 0 spiro atoms. The highest BCUT2D eigenvalue weighted by atomic mass is 16.3. The average Bonchev–Trinajstić information content (AvgIpc) is 3.24. The summed E-state index contributed by atoms with van der Waals surface area (Å²) < 4.78 is 0.